The van der Waals surface area contributed by atoms with E-state index in [2.05, 4.69) is 0 Å². The van der Waals surface area contributed by atoms with Crippen molar-refractivity contribution in [3.8, 4) is 0 Å². The Hall–Kier alpha value is -1.42. The third kappa shape index (κ3) is 2.53. The lowest BCUT2D eigenvalue weighted by molar-refractivity contribution is -0.156. The van der Waals surface area contributed by atoms with Gasteiger partial charge in [0.2, 0.25) is 0 Å². The maximum absolute atomic E-state index is 12.5. The normalized spacial score (nSPS) is 14.8. The fourth-order valence-corrected chi connectivity index (χ4v) is 1.08. The van der Waals surface area contributed by atoms with Gasteiger partial charge in [0.1, 0.15) is 5.82 Å². The molecule has 0 aromatic heterocycles. The van der Waals surface area contributed by atoms with Crippen molar-refractivity contribution in [2.75, 3.05) is 0 Å². The van der Waals surface area contributed by atoms with Crippen molar-refractivity contribution < 1.29 is 19.4 Å². The minimum Gasteiger partial charge on any atom is -0.479 e. The molecule has 0 unspecified atom stereocenters. The molecule has 0 saturated carbocycles. The number of rotatable bonds is 3. The zero-order chi connectivity index (χ0) is 10.8. The SMILES string of the molecule is C[C@](O)(Cc1ccc(F)cc1)C(=O)O. The Kier molecular flexibility index (Phi) is 2.86. The third-order valence-electron chi connectivity index (χ3n) is 1.92. The summed E-state index contributed by atoms with van der Waals surface area (Å²) >= 11 is 0. The van der Waals surface area contributed by atoms with Gasteiger partial charge in [-0.2, -0.15) is 0 Å². The number of carbonyl (C=O) groups is 1. The van der Waals surface area contributed by atoms with Crippen molar-refractivity contribution in [3.05, 3.63) is 35.6 Å². The summed E-state index contributed by atoms with van der Waals surface area (Å²) in [6, 6.07) is 5.36. The molecule has 0 aliphatic heterocycles. The number of halogens is 1. The molecule has 0 spiro atoms. The summed E-state index contributed by atoms with van der Waals surface area (Å²) in [5.41, 5.74) is -1.23. The third-order valence-corrected chi connectivity index (χ3v) is 1.92. The first kappa shape index (κ1) is 10.7. The number of benzene rings is 1. The topological polar surface area (TPSA) is 57.5 Å². The van der Waals surface area contributed by atoms with E-state index in [4.69, 9.17) is 5.11 Å². The summed E-state index contributed by atoms with van der Waals surface area (Å²) < 4.78 is 12.5. The molecule has 4 heteroatoms. The van der Waals surface area contributed by atoms with Gasteiger partial charge in [0.05, 0.1) is 0 Å². The van der Waals surface area contributed by atoms with Gasteiger partial charge in [0.15, 0.2) is 5.60 Å². The van der Waals surface area contributed by atoms with Crippen LogP contribution in [0.4, 0.5) is 4.39 Å². The summed E-state index contributed by atoms with van der Waals surface area (Å²) in [4.78, 5) is 10.6. The Morgan fingerprint density at radius 2 is 1.93 bits per heavy atom. The molecule has 76 valence electrons. The van der Waals surface area contributed by atoms with Crippen molar-refractivity contribution in [1.82, 2.24) is 0 Å². The van der Waals surface area contributed by atoms with Gasteiger partial charge in [-0.3, -0.25) is 0 Å². The van der Waals surface area contributed by atoms with Crippen LogP contribution in [0, 0.1) is 5.82 Å². The van der Waals surface area contributed by atoms with Crippen molar-refractivity contribution in [2.45, 2.75) is 18.9 Å². The standard InChI is InChI=1S/C10H11FO3/c1-10(14,9(12)13)6-7-2-4-8(11)5-3-7/h2-5,14H,6H2,1H3,(H,12,13)/t10-/m0/s1. The largest absolute Gasteiger partial charge is 0.479 e. The quantitative estimate of drug-likeness (QED) is 0.767. The molecule has 1 aromatic rings. The molecule has 0 aliphatic rings. The zero-order valence-electron chi connectivity index (χ0n) is 7.70. The molecule has 3 nitrogen and oxygen atoms in total. The Balaban J connectivity index is 2.79. The van der Waals surface area contributed by atoms with Crippen molar-refractivity contribution >= 4 is 5.97 Å². The van der Waals surface area contributed by atoms with Crippen molar-refractivity contribution in [1.29, 1.82) is 0 Å². The molecule has 0 bridgehead atoms. The number of carboxylic acid groups (broad SMARTS) is 1. The summed E-state index contributed by atoms with van der Waals surface area (Å²) in [6.07, 6.45) is -0.0391. The van der Waals surface area contributed by atoms with Crippen LogP contribution < -0.4 is 0 Å². The summed E-state index contributed by atoms with van der Waals surface area (Å²) in [5, 5.41) is 18.1. The first-order chi connectivity index (χ1) is 6.42. The minimum atomic E-state index is -1.81. The predicted molar refractivity (Wildman–Crippen MR) is 48.4 cm³/mol. The Morgan fingerprint density at radius 3 is 2.36 bits per heavy atom. The first-order valence-corrected chi connectivity index (χ1v) is 4.12. The van der Waals surface area contributed by atoms with E-state index in [0.29, 0.717) is 5.56 Å². The maximum atomic E-state index is 12.5. The summed E-state index contributed by atoms with van der Waals surface area (Å²) in [6.45, 7) is 1.21. The maximum Gasteiger partial charge on any atom is 0.335 e. The number of carboxylic acids is 1. The highest BCUT2D eigenvalue weighted by atomic mass is 19.1. The lowest BCUT2D eigenvalue weighted by Gasteiger charge is -2.17. The minimum absolute atomic E-state index is 0.0391. The van der Waals surface area contributed by atoms with Gasteiger partial charge in [0.25, 0.3) is 0 Å². The van der Waals surface area contributed by atoms with Crippen LogP contribution in [-0.4, -0.2) is 21.8 Å². The van der Waals surface area contributed by atoms with E-state index in [9.17, 15) is 14.3 Å². The van der Waals surface area contributed by atoms with Crippen LogP contribution in [0.2, 0.25) is 0 Å². The average molecular weight is 198 g/mol. The Morgan fingerprint density at radius 1 is 1.43 bits per heavy atom. The first-order valence-electron chi connectivity index (χ1n) is 4.12. The molecule has 14 heavy (non-hydrogen) atoms. The molecule has 0 amide bonds. The lowest BCUT2D eigenvalue weighted by atomic mass is 9.97. The van der Waals surface area contributed by atoms with Gasteiger partial charge < -0.3 is 10.2 Å². The molecular formula is C10H11FO3. The second-order valence-corrected chi connectivity index (χ2v) is 3.38. The van der Waals surface area contributed by atoms with E-state index < -0.39 is 11.6 Å². The number of hydrogen-bond acceptors (Lipinski definition) is 2. The fraction of sp³-hybridized carbons (Fsp3) is 0.300. The van der Waals surface area contributed by atoms with Gasteiger partial charge in [-0.1, -0.05) is 12.1 Å². The van der Waals surface area contributed by atoms with E-state index in [1.165, 1.54) is 31.2 Å². The van der Waals surface area contributed by atoms with Gasteiger partial charge in [-0.25, -0.2) is 9.18 Å². The average Bonchev–Trinajstić information content (AvgIpc) is 2.08. The van der Waals surface area contributed by atoms with Crippen LogP contribution >= 0.6 is 0 Å². The van der Waals surface area contributed by atoms with E-state index >= 15 is 0 Å². The lowest BCUT2D eigenvalue weighted by Crippen LogP contribution is -2.37. The Bertz CT molecular complexity index is 330. The summed E-state index contributed by atoms with van der Waals surface area (Å²) in [5.74, 6) is -1.68. The second kappa shape index (κ2) is 3.75. The van der Waals surface area contributed by atoms with Crippen LogP contribution in [0.3, 0.4) is 0 Å². The van der Waals surface area contributed by atoms with E-state index in [1.807, 2.05) is 0 Å². The summed E-state index contributed by atoms with van der Waals surface area (Å²) in [7, 11) is 0. The number of aliphatic carboxylic acids is 1. The Labute approximate surface area is 80.8 Å². The molecule has 0 saturated heterocycles. The highest BCUT2D eigenvalue weighted by Crippen LogP contribution is 2.13. The molecule has 0 aliphatic carbocycles. The van der Waals surface area contributed by atoms with Crippen molar-refractivity contribution in [3.63, 3.8) is 0 Å². The zero-order valence-corrected chi connectivity index (χ0v) is 7.70. The molecule has 1 atom stereocenters. The fourth-order valence-electron chi connectivity index (χ4n) is 1.08. The highest BCUT2D eigenvalue weighted by molar-refractivity contribution is 5.76. The number of hydrogen-bond donors (Lipinski definition) is 2. The molecular weight excluding hydrogens is 187 g/mol. The molecule has 0 fully saturated rings. The molecule has 0 radical (unpaired) electrons. The van der Waals surface area contributed by atoms with Gasteiger partial charge in [0, 0.05) is 6.42 Å². The van der Waals surface area contributed by atoms with E-state index in [0.717, 1.165) is 0 Å². The van der Waals surface area contributed by atoms with Crippen LogP contribution in [0.15, 0.2) is 24.3 Å². The monoisotopic (exact) mass is 198 g/mol. The van der Waals surface area contributed by atoms with Crippen LogP contribution in [0.1, 0.15) is 12.5 Å². The number of aliphatic hydroxyl groups is 1. The van der Waals surface area contributed by atoms with Gasteiger partial charge in [-0.15, -0.1) is 0 Å². The predicted octanol–water partition coefficient (Wildman–Crippen LogP) is 1.20. The second-order valence-electron chi connectivity index (χ2n) is 3.38. The van der Waals surface area contributed by atoms with E-state index in [-0.39, 0.29) is 12.2 Å². The van der Waals surface area contributed by atoms with Crippen LogP contribution in [-0.2, 0) is 11.2 Å². The highest BCUT2D eigenvalue weighted by Gasteiger charge is 2.29. The van der Waals surface area contributed by atoms with Crippen LogP contribution in [0.5, 0.6) is 0 Å². The van der Waals surface area contributed by atoms with Gasteiger partial charge >= 0.3 is 5.97 Å². The molecule has 1 rings (SSSR count). The van der Waals surface area contributed by atoms with Gasteiger partial charge in [-0.05, 0) is 24.6 Å². The molecule has 0 heterocycles. The van der Waals surface area contributed by atoms with Crippen molar-refractivity contribution in [2.24, 2.45) is 0 Å². The molecule has 1 aromatic carbocycles. The molecule has 2 N–H and O–H groups in total. The van der Waals surface area contributed by atoms with Crippen LogP contribution in [0.25, 0.3) is 0 Å². The smallest absolute Gasteiger partial charge is 0.335 e. The van der Waals surface area contributed by atoms with E-state index in [1.54, 1.807) is 0 Å².